The van der Waals surface area contributed by atoms with E-state index in [2.05, 4.69) is 17.1 Å². The summed E-state index contributed by atoms with van der Waals surface area (Å²) in [4.78, 5) is 2.22. The number of rotatable bonds is 3. The summed E-state index contributed by atoms with van der Waals surface area (Å²) in [6.45, 7) is 5.77. The Hall–Kier alpha value is -0.130. The first-order chi connectivity index (χ1) is 6.47. The topological polar surface area (TPSA) is 49.4 Å². The van der Waals surface area contributed by atoms with Gasteiger partial charge in [-0.1, -0.05) is 0 Å². The molecule has 0 amide bonds. The van der Waals surface area contributed by atoms with Crippen LogP contribution >= 0.6 is 0 Å². The monoisotopic (exact) mass is 220 g/mol. The second kappa shape index (κ2) is 5.09. The van der Waals surface area contributed by atoms with E-state index >= 15 is 0 Å². The Kier molecular flexibility index (Phi) is 4.34. The van der Waals surface area contributed by atoms with Gasteiger partial charge in [-0.2, -0.15) is 0 Å². The molecule has 14 heavy (non-hydrogen) atoms. The zero-order valence-electron chi connectivity index (χ0n) is 8.99. The maximum atomic E-state index is 11.0. The van der Waals surface area contributed by atoms with Crippen molar-refractivity contribution in [3.05, 3.63) is 0 Å². The molecule has 0 aromatic rings. The summed E-state index contributed by atoms with van der Waals surface area (Å²) in [5.74, 6) is 0.279. The molecule has 1 aliphatic heterocycles. The van der Waals surface area contributed by atoms with E-state index in [-0.39, 0.29) is 5.75 Å². The summed E-state index contributed by atoms with van der Waals surface area (Å²) < 4.78 is 22.0. The van der Waals surface area contributed by atoms with Crippen molar-refractivity contribution in [2.75, 3.05) is 38.2 Å². The van der Waals surface area contributed by atoms with Crippen LogP contribution in [0.1, 0.15) is 13.3 Å². The zero-order chi connectivity index (χ0) is 10.6. The first kappa shape index (κ1) is 11.9. The van der Waals surface area contributed by atoms with Crippen LogP contribution in [0.15, 0.2) is 0 Å². The second-order valence-corrected chi connectivity index (χ2v) is 6.38. The lowest BCUT2D eigenvalue weighted by Gasteiger charge is -2.18. The molecule has 0 saturated carbocycles. The van der Waals surface area contributed by atoms with Gasteiger partial charge >= 0.3 is 0 Å². The minimum atomic E-state index is -2.81. The van der Waals surface area contributed by atoms with Gasteiger partial charge in [0.25, 0.3) is 0 Å². The Morgan fingerprint density at radius 2 is 2.14 bits per heavy atom. The van der Waals surface area contributed by atoms with E-state index in [1.54, 1.807) is 0 Å². The van der Waals surface area contributed by atoms with Crippen LogP contribution in [0.5, 0.6) is 0 Å². The van der Waals surface area contributed by atoms with Crippen LogP contribution in [0, 0.1) is 0 Å². The van der Waals surface area contributed by atoms with Gasteiger partial charge in [0, 0.05) is 31.9 Å². The van der Waals surface area contributed by atoms with Gasteiger partial charge in [0.05, 0.1) is 5.75 Å². The molecule has 1 aliphatic rings. The molecule has 1 rings (SSSR count). The smallest absolute Gasteiger partial charge is 0.148 e. The highest BCUT2D eigenvalue weighted by Crippen LogP contribution is 2.01. The lowest BCUT2D eigenvalue weighted by atomic mass is 10.2. The molecular formula is C9H20N2O2S. The number of hydrogen-bond donors (Lipinski definition) is 1. The van der Waals surface area contributed by atoms with E-state index < -0.39 is 9.84 Å². The average Bonchev–Trinajstić information content (AvgIpc) is 2.25. The maximum absolute atomic E-state index is 11.0. The lowest BCUT2D eigenvalue weighted by Crippen LogP contribution is -2.32. The highest BCUT2D eigenvalue weighted by atomic mass is 32.2. The number of hydrogen-bond acceptors (Lipinski definition) is 4. The fourth-order valence-corrected chi connectivity index (χ4v) is 2.17. The summed E-state index contributed by atoms with van der Waals surface area (Å²) in [6.07, 6.45) is 2.40. The summed E-state index contributed by atoms with van der Waals surface area (Å²) in [5.41, 5.74) is 0. The van der Waals surface area contributed by atoms with Gasteiger partial charge in [-0.05, 0) is 19.9 Å². The quantitative estimate of drug-likeness (QED) is 0.710. The van der Waals surface area contributed by atoms with Gasteiger partial charge in [0.15, 0.2) is 0 Å². The van der Waals surface area contributed by atoms with E-state index in [4.69, 9.17) is 0 Å². The van der Waals surface area contributed by atoms with Gasteiger partial charge in [-0.3, -0.25) is 0 Å². The average molecular weight is 220 g/mol. The predicted octanol–water partition coefficient (Wildman–Crippen LogP) is -0.285. The van der Waals surface area contributed by atoms with Crippen molar-refractivity contribution in [2.24, 2.45) is 0 Å². The molecule has 1 fully saturated rings. The summed E-state index contributed by atoms with van der Waals surface area (Å²) in [6, 6.07) is 0.554. The molecule has 1 heterocycles. The molecule has 5 heteroatoms. The molecule has 1 atom stereocenters. The summed E-state index contributed by atoms with van der Waals surface area (Å²) in [5, 5.41) is 3.38. The van der Waals surface area contributed by atoms with Gasteiger partial charge in [0.2, 0.25) is 0 Å². The lowest BCUT2D eigenvalue weighted by molar-refractivity contribution is 0.307. The first-order valence-corrected chi connectivity index (χ1v) is 7.17. The van der Waals surface area contributed by atoms with E-state index in [0.29, 0.717) is 12.6 Å². The summed E-state index contributed by atoms with van der Waals surface area (Å²) >= 11 is 0. The van der Waals surface area contributed by atoms with Crippen molar-refractivity contribution in [3.63, 3.8) is 0 Å². The molecule has 0 bridgehead atoms. The Balaban J connectivity index is 2.31. The van der Waals surface area contributed by atoms with Crippen molar-refractivity contribution in [2.45, 2.75) is 19.4 Å². The van der Waals surface area contributed by atoms with Crippen LogP contribution in [-0.2, 0) is 9.84 Å². The summed E-state index contributed by atoms with van der Waals surface area (Å²) in [7, 11) is -2.81. The Morgan fingerprint density at radius 3 is 2.79 bits per heavy atom. The molecule has 4 nitrogen and oxygen atoms in total. The van der Waals surface area contributed by atoms with Crippen LogP contribution in [0.25, 0.3) is 0 Å². The molecule has 1 saturated heterocycles. The second-order valence-electron chi connectivity index (χ2n) is 4.12. The molecule has 0 spiro atoms. The standard InChI is InChI=1S/C9H20N2O2S/c1-9-3-5-11(6-4-10-9)7-8-14(2,12)13/h9-10H,3-8H2,1-2H3. The van der Waals surface area contributed by atoms with Gasteiger partial charge in [-0.25, -0.2) is 8.42 Å². The third-order valence-corrected chi connectivity index (χ3v) is 3.50. The van der Waals surface area contributed by atoms with E-state index in [9.17, 15) is 8.42 Å². The molecule has 0 radical (unpaired) electrons. The SMILES string of the molecule is CC1CCN(CCS(C)(=O)=O)CCN1. The Morgan fingerprint density at radius 1 is 1.43 bits per heavy atom. The van der Waals surface area contributed by atoms with E-state index in [1.807, 2.05) is 0 Å². The third-order valence-electron chi connectivity index (χ3n) is 2.58. The van der Waals surface area contributed by atoms with Crippen molar-refractivity contribution in [1.29, 1.82) is 0 Å². The van der Waals surface area contributed by atoms with Crippen molar-refractivity contribution < 1.29 is 8.42 Å². The Labute approximate surface area is 86.6 Å². The van der Waals surface area contributed by atoms with Gasteiger partial charge in [-0.15, -0.1) is 0 Å². The molecule has 1 N–H and O–H groups in total. The van der Waals surface area contributed by atoms with Gasteiger partial charge in [0.1, 0.15) is 9.84 Å². The van der Waals surface area contributed by atoms with Crippen LogP contribution in [0.4, 0.5) is 0 Å². The minimum absolute atomic E-state index is 0.279. The fraction of sp³-hybridized carbons (Fsp3) is 1.00. The van der Waals surface area contributed by atoms with E-state index in [0.717, 1.165) is 26.1 Å². The zero-order valence-corrected chi connectivity index (χ0v) is 9.81. The van der Waals surface area contributed by atoms with Gasteiger partial charge < -0.3 is 10.2 Å². The van der Waals surface area contributed by atoms with Crippen molar-refractivity contribution in [1.82, 2.24) is 10.2 Å². The highest BCUT2D eigenvalue weighted by Gasteiger charge is 2.14. The molecule has 0 aliphatic carbocycles. The number of nitrogens with one attached hydrogen (secondary N) is 1. The largest absolute Gasteiger partial charge is 0.313 e. The first-order valence-electron chi connectivity index (χ1n) is 5.11. The maximum Gasteiger partial charge on any atom is 0.148 e. The molecule has 0 aromatic carbocycles. The van der Waals surface area contributed by atoms with Crippen LogP contribution < -0.4 is 5.32 Å². The van der Waals surface area contributed by atoms with Crippen molar-refractivity contribution in [3.8, 4) is 0 Å². The molecular weight excluding hydrogens is 200 g/mol. The highest BCUT2D eigenvalue weighted by molar-refractivity contribution is 7.90. The predicted molar refractivity (Wildman–Crippen MR) is 58.2 cm³/mol. The molecule has 84 valence electrons. The van der Waals surface area contributed by atoms with Crippen molar-refractivity contribution >= 4 is 9.84 Å². The fourth-order valence-electron chi connectivity index (χ4n) is 1.58. The van der Waals surface area contributed by atoms with E-state index in [1.165, 1.54) is 6.26 Å². The molecule has 0 aromatic heterocycles. The van der Waals surface area contributed by atoms with Crippen LogP contribution in [0.2, 0.25) is 0 Å². The molecule has 1 unspecified atom stereocenters. The number of nitrogens with zero attached hydrogens (tertiary/aromatic N) is 1. The van der Waals surface area contributed by atoms with Crippen LogP contribution in [-0.4, -0.2) is 57.5 Å². The minimum Gasteiger partial charge on any atom is -0.313 e. The third kappa shape index (κ3) is 4.93. The van der Waals surface area contributed by atoms with Crippen LogP contribution in [0.3, 0.4) is 0 Å². The Bertz CT molecular complexity index is 264. The number of sulfone groups is 1. The normalized spacial score (nSPS) is 26.0.